The van der Waals surface area contributed by atoms with E-state index < -0.39 is 0 Å². The number of benzene rings is 2. The molecule has 28 heavy (non-hydrogen) atoms. The first-order valence-electron chi connectivity index (χ1n) is 9.29. The Morgan fingerprint density at radius 3 is 2.61 bits per heavy atom. The molecular weight excluding hydrogens is 414 g/mol. The number of hydrogen-bond acceptors (Lipinski definition) is 2. The highest BCUT2D eigenvalue weighted by atomic mass is 79.9. The lowest BCUT2D eigenvalue weighted by Gasteiger charge is -2.17. The van der Waals surface area contributed by atoms with Crippen molar-refractivity contribution in [2.75, 3.05) is 0 Å². The zero-order valence-electron chi connectivity index (χ0n) is 16.6. The monoisotopic (exact) mass is 437 g/mol. The van der Waals surface area contributed by atoms with E-state index in [1.807, 2.05) is 18.2 Å². The van der Waals surface area contributed by atoms with Crippen LogP contribution >= 0.6 is 15.9 Å². The number of hydrogen-bond donors (Lipinski definition) is 1. The van der Waals surface area contributed by atoms with Crippen molar-refractivity contribution in [3.05, 3.63) is 86.6 Å². The molecule has 0 spiro atoms. The van der Waals surface area contributed by atoms with Gasteiger partial charge in [0.25, 0.3) is 5.91 Å². The van der Waals surface area contributed by atoms with Gasteiger partial charge in [0, 0.05) is 21.4 Å². The van der Waals surface area contributed by atoms with E-state index in [4.69, 9.17) is 0 Å². The first-order chi connectivity index (χ1) is 13.4. The smallest absolute Gasteiger partial charge is 0.272 e. The Morgan fingerprint density at radius 2 is 1.89 bits per heavy atom. The van der Waals surface area contributed by atoms with Crippen LogP contribution in [-0.2, 0) is 6.42 Å². The van der Waals surface area contributed by atoms with Crippen molar-refractivity contribution in [2.45, 2.75) is 34.1 Å². The molecule has 0 bridgehead atoms. The van der Waals surface area contributed by atoms with E-state index in [1.54, 1.807) is 12.3 Å². The largest absolute Gasteiger partial charge is 0.317 e. The molecule has 0 saturated carbocycles. The number of para-hydroxylation sites is 1. The number of amides is 1. The van der Waals surface area contributed by atoms with Crippen LogP contribution in [0.15, 0.2) is 58.1 Å². The lowest BCUT2D eigenvalue weighted by Crippen LogP contribution is -2.18. The third-order valence-electron chi connectivity index (χ3n) is 4.88. The van der Waals surface area contributed by atoms with Gasteiger partial charge in [0.15, 0.2) is 0 Å². The number of halogens is 1. The predicted molar refractivity (Wildman–Crippen MR) is 119 cm³/mol. The van der Waals surface area contributed by atoms with E-state index in [-0.39, 0.29) is 5.91 Å². The van der Waals surface area contributed by atoms with Crippen LogP contribution in [0.1, 0.15) is 45.4 Å². The van der Waals surface area contributed by atoms with E-state index >= 15 is 0 Å². The summed E-state index contributed by atoms with van der Waals surface area (Å²) in [5.41, 5.74) is 10.2. The van der Waals surface area contributed by atoms with E-state index in [0.29, 0.717) is 5.56 Å². The second kappa shape index (κ2) is 8.57. The van der Waals surface area contributed by atoms with Crippen molar-refractivity contribution >= 4 is 28.1 Å². The highest BCUT2D eigenvalue weighted by molar-refractivity contribution is 9.10. The fraction of sp³-hybridized carbons (Fsp3) is 0.217. The Bertz CT molecular complexity index is 1050. The number of aryl methyl sites for hydroxylation is 3. The van der Waals surface area contributed by atoms with E-state index in [0.717, 1.165) is 27.8 Å². The summed E-state index contributed by atoms with van der Waals surface area (Å²) in [6.07, 6.45) is 2.68. The van der Waals surface area contributed by atoms with Gasteiger partial charge in [-0.15, -0.1) is 0 Å². The normalized spacial score (nSPS) is 11.2. The molecule has 0 saturated heterocycles. The van der Waals surface area contributed by atoms with E-state index in [1.165, 1.54) is 16.8 Å². The van der Waals surface area contributed by atoms with Gasteiger partial charge in [-0.05, 0) is 72.4 Å². The number of nitrogens with zero attached hydrogens (tertiary/aromatic N) is 2. The maximum Gasteiger partial charge on any atom is 0.272 e. The first-order valence-corrected chi connectivity index (χ1v) is 10.1. The highest BCUT2D eigenvalue weighted by Gasteiger charge is 2.14. The summed E-state index contributed by atoms with van der Waals surface area (Å²) in [4.78, 5) is 12.3. The Kier molecular flexibility index (Phi) is 6.15. The number of aromatic nitrogens is 1. The van der Waals surface area contributed by atoms with Gasteiger partial charge in [-0.25, -0.2) is 5.43 Å². The first kappa shape index (κ1) is 20.1. The van der Waals surface area contributed by atoms with Gasteiger partial charge in [-0.3, -0.25) is 4.79 Å². The quantitative estimate of drug-likeness (QED) is 0.416. The fourth-order valence-electron chi connectivity index (χ4n) is 3.45. The lowest BCUT2D eigenvalue weighted by molar-refractivity contribution is 0.0954. The van der Waals surface area contributed by atoms with E-state index in [9.17, 15) is 4.79 Å². The minimum Gasteiger partial charge on any atom is -0.317 e. The Labute approximate surface area is 174 Å². The molecule has 0 fully saturated rings. The Hall–Kier alpha value is -2.66. The molecule has 144 valence electrons. The van der Waals surface area contributed by atoms with Crippen molar-refractivity contribution in [1.82, 2.24) is 9.99 Å². The summed E-state index contributed by atoms with van der Waals surface area (Å²) < 4.78 is 3.01. The second-order valence-electron chi connectivity index (χ2n) is 6.78. The fourth-order valence-corrected chi connectivity index (χ4v) is 3.92. The Morgan fingerprint density at radius 1 is 1.14 bits per heavy atom. The summed E-state index contributed by atoms with van der Waals surface area (Å²) in [6, 6.07) is 15.8. The molecular formula is C23H24BrN3O. The molecule has 2 aromatic carbocycles. The van der Waals surface area contributed by atoms with Crippen molar-refractivity contribution in [3.8, 4) is 5.69 Å². The third kappa shape index (κ3) is 3.94. The molecule has 0 unspecified atom stereocenters. The molecule has 0 atom stereocenters. The summed E-state index contributed by atoms with van der Waals surface area (Å²) in [7, 11) is 0. The third-order valence-corrected chi connectivity index (χ3v) is 5.58. The van der Waals surface area contributed by atoms with Crippen molar-refractivity contribution in [1.29, 1.82) is 0 Å². The van der Waals surface area contributed by atoms with Gasteiger partial charge in [-0.1, -0.05) is 37.3 Å². The zero-order chi connectivity index (χ0) is 20.3. The average Bonchev–Trinajstić information content (AvgIpc) is 2.95. The summed E-state index contributed by atoms with van der Waals surface area (Å²) in [6.45, 7) is 8.48. The molecule has 1 N–H and O–H groups in total. The van der Waals surface area contributed by atoms with Gasteiger partial charge in [-0.2, -0.15) is 5.10 Å². The van der Waals surface area contributed by atoms with Crippen LogP contribution in [-0.4, -0.2) is 16.7 Å². The number of carbonyl (C=O) groups is 1. The van der Waals surface area contributed by atoms with Gasteiger partial charge in [0.2, 0.25) is 0 Å². The van der Waals surface area contributed by atoms with Crippen LogP contribution in [0.2, 0.25) is 0 Å². The van der Waals surface area contributed by atoms with Gasteiger partial charge in [0.05, 0.1) is 17.5 Å². The SMILES string of the molecule is CCc1cccc(C)c1-n1c(C)cc(C=NNC(=O)c2ccccc2Br)c1C. The molecule has 4 nitrogen and oxygen atoms in total. The van der Waals surface area contributed by atoms with Gasteiger partial charge in [0.1, 0.15) is 0 Å². The van der Waals surface area contributed by atoms with Crippen molar-refractivity contribution in [2.24, 2.45) is 5.10 Å². The molecule has 3 rings (SSSR count). The molecule has 1 amide bonds. The topological polar surface area (TPSA) is 46.4 Å². The molecule has 1 aromatic heterocycles. The van der Waals surface area contributed by atoms with Crippen LogP contribution < -0.4 is 5.43 Å². The Balaban J connectivity index is 1.88. The van der Waals surface area contributed by atoms with Crippen LogP contribution in [0.25, 0.3) is 5.69 Å². The van der Waals surface area contributed by atoms with Crippen molar-refractivity contribution in [3.63, 3.8) is 0 Å². The predicted octanol–water partition coefficient (Wildman–Crippen LogP) is 5.49. The zero-order valence-corrected chi connectivity index (χ0v) is 18.2. The minimum absolute atomic E-state index is 0.246. The number of hydrazone groups is 1. The molecule has 0 aliphatic heterocycles. The summed E-state index contributed by atoms with van der Waals surface area (Å²) in [5, 5.41) is 4.17. The number of nitrogens with one attached hydrogen (secondary N) is 1. The maximum absolute atomic E-state index is 12.3. The summed E-state index contributed by atoms with van der Waals surface area (Å²) >= 11 is 3.39. The molecule has 1 heterocycles. The molecule has 3 aromatic rings. The maximum atomic E-state index is 12.3. The molecule has 0 aliphatic carbocycles. The second-order valence-corrected chi connectivity index (χ2v) is 7.63. The van der Waals surface area contributed by atoms with E-state index in [2.05, 4.69) is 83.0 Å². The molecule has 5 heteroatoms. The minimum atomic E-state index is -0.246. The summed E-state index contributed by atoms with van der Waals surface area (Å²) in [5.74, 6) is -0.246. The number of carbonyl (C=O) groups excluding carboxylic acids is 1. The van der Waals surface area contributed by atoms with Crippen LogP contribution in [0, 0.1) is 20.8 Å². The highest BCUT2D eigenvalue weighted by Crippen LogP contribution is 2.26. The average molecular weight is 438 g/mol. The van der Waals surface area contributed by atoms with Crippen LogP contribution in [0.3, 0.4) is 0 Å². The molecule has 0 radical (unpaired) electrons. The standard InChI is InChI=1S/C23H24BrN3O/c1-5-18-10-8-9-15(2)22(18)27-16(3)13-19(17(27)4)14-25-26-23(28)20-11-6-7-12-21(20)24/h6-14H,5H2,1-4H3,(H,26,28). The van der Waals surface area contributed by atoms with Gasteiger partial charge >= 0.3 is 0 Å². The van der Waals surface area contributed by atoms with Crippen molar-refractivity contribution < 1.29 is 4.79 Å². The number of rotatable bonds is 5. The van der Waals surface area contributed by atoms with Gasteiger partial charge < -0.3 is 4.57 Å². The van der Waals surface area contributed by atoms with Crippen LogP contribution in [0.4, 0.5) is 0 Å². The molecule has 0 aliphatic rings. The lowest BCUT2D eigenvalue weighted by atomic mass is 10.1. The van der Waals surface area contributed by atoms with Crippen LogP contribution in [0.5, 0.6) is 0 Å².